The SMILES string of the molecule is N#CC1(C#N)C(c2ccc(OCc3ccccc3)cc2)OC23CCCCCCC2C1(C#N)C(=N)O3. The second-order valence-electron chi connectivity index (χ2n) is 9.54. The van der Waals surface area contributed by atoms with Gasteiger partial charge in [0.25, 0.3) is 0 Å². The van der Waals surface area contributed by atoms with Crippen LogP contribution in [0, 0.1) is 56.2 Å². The molecule has 0 spiro atoms. The first-order chi connectivity index (χ1) is 17.0. The summed E-state index contributed by atoms with van der Waals surface area (Å²) in [5.41, 5.74) is -2.00. The standard InChI is InChI=1S/C28H26N4O3/c29-17-26(18-30)24(21-11-13-22(14-12-21)33-16-20-8-4-3-5-9-20)34-28-15-7-2-1-6-10-23(28)27(26,19-31)25(32)35-28/h3-5,8-9,11-14,23-24,32H,1-2,6-7,10,15-16H2. The molecule has 1 N–H and O–H groups in total. The van der Waals surface area contributed by atoms with E-state index in [2.05, 4.69) is 18.2 Å². The average molecular weight is 467 g/mol. The first kappa shape index (κ1) is 22.9. The summed E-state index contributed by atoms with van der Waals surface area (Å²) in [5, 5.41) is 40.0. The van der Waals surface area contributed by atoms with Crippen molar-refractivity contribution in [3.05, 3.63) is 65.7 Å². The lowest BCUT2D eigenvalue weighted by atomic mass is 9.52. The molecule has 2 aliphatic heterocycles. The largest absolute Gasteiger partial charge is 0.489 e. The molecule has 1 saturated carbocycles. The fraction of sp³-hybridized carbons (Fsp3) is 0.429. The molecule has 0 amide bonds. The molecular formula is C28H26N4O3. The zero-order chi connectivity index (χ0) is 24.5. The van der Waals surface area contributed by atoms with E-state index < -0.39 is 28.6 Å². The third-order valence-corrected chi connectivity index (χ3v) is 7.75. The Labute approximate surface area is 205 Å². The quantitative estimate of drug-likeness (QED) is 0.630. The summed E-state index contributed by atoms with van der Waals surface area (Å²) < 4.78 is 18.5. The first-order valence-corrected chi connectivity index (χ1v) is 12.0. The molecule has 2 heterocycles. The Morgan fingerprint density at radius 1 is 0.914 bits per heavy atom. The number of benzene rings is 2. The Bertz CT molecular complexity index is 1230. The summed E-state index contributed by atoms with van der Waals surface area (Å²) >= 11 is 0. The van der Waals surface area contributed by atoms with Crippen LogP contribution in [0.4, 0.5) is 0 Å². The van der Waals surface area contributed by atoms with Crippen molar-refractivity contribution in [3.8, 4) is 24.0 Å². The van der Waals surface area contributed by atoms with Gasteiger partial charge in [0, 0.05) is 6.42 Å². The average Bonchev–Trinajstić information content (AvgIpc) is 3.05. The highest BCUT2D eigenvalue weighted by Crippen LogP contribution is 2.68. The zero-order valence-corrected chi connectivity index (χ0v) is 19.4. The van der Waals surface area contributed by atoms with Gasteiger partial charge in [-0.3, -0.25) is 5.41 Å². The van der Waals surface area contributed by atoms with Gasteiger partial charge in [-0.05, 0) is 36.1 Å². The predicted molar refractivity (Wildman–Crippen MR) is 125 cm³/mol. The Hall–Kier alpha value is -3.86. The van der Waals surface area contributed by atoms with E-state index in [1.165, 1.54) is 0 Å². The summed E-state index contributed by atoms with van der Waals surface area (Å²) in [6.07, 6.45) is 3.72. The smallest absolute Gasteiger partial charge is 0.217 e. The van der Waals surface area contributed by atoms with Gasteiger partial charge < -0.3 is 14.2 Å². The summed E-state index contributed by atoms with van der Waals surface area (Å²) in [6, 6.07) is 23.4. The van der Waals surface area contributed by atoms with Gasteiger partial charge in [0.15, 0.2) is 5.41 Å². The number of nitrogens with zero attached hydrogens (tertiary/aromatic N) is 3. The molecule has 1 aliphatic carbocycles. The third-order valence-electron chi connectivity index (χ3n) is 7.75. The number of nitrogens with one attached hydrogen (secondary N) is 1. The van der Waals surface area contributed by atoms with E-state index in [1.54, 1.807) is 24.3 Å². The lowest BCUT2D eigenvalue weighted by molar-refractivity contribution is -0.289. The normalized spacial score (nSPS) is 30.8. The predicted octanol–water partition coefficient (Wildman–Crippen LogP) is 5.55. The lowest BCUT2D eigenvalue weighted by Crippen LogP contribution is -2.59. The molecule has 7 nitrogen and oxygen atoms in total. The molecule has 4 unspecified atom stereocenters. The fourth-order valence-electron chi connectivity index (χ4n) is 5.99. The van der Waals surface area contributed by atoms with Crippen LogP contribution in [0.25, 0.3) is 0 Å². The zero-order valence-electron chi connectivity index (χ0n) is 19.4. The van der Waals surface area contributed by atoms with E-state index >= 15 is 0 Å². The minimum atomic E-state index is -1.92. The van der Waals surface area contributed by atoms with Crippen LogP contribution in [-0.4, -0.2) is 11.7 Å². The Balaban J connectivity index is 1.53. The molecule has 0 aromatic heterocycles. The summed E-state index contributed by atoms with van der Waals surface area (Å²) in [6.45, 7) is 0.410. The topological polar surface area (TPSA) is 123 Å². The van der Waals surface area contributed by atoms with Crippen LogP contribution in [0.15, 0.2) is 54.6 Å². The van der Waals surface area contributed by atoms with E-state index in [1.807, 2.05) is 30.3 Å². The van der Waals surface area contributed by atoms with Gasteiger partial charge in [0.1, 0.15) is 18.5 Å². The maximum atomic E-state index is 10.5. The number of nitriles is 3. The van der Waals surface area contributed by atoms with Crippen LogP contribution in [0.3, 0.4) is 0 Å². The number of hydrogen-bond donors (Lipinski definition) is 1. The van der Waals surface area contributed by atoms with Crippen molar-refractivity contribution in [2.75, 3.05) is 0 Å². The van der Waals surface area contributed by atoms with Gasteiger partial charge in [-0.1, -0.05) is 61.7 Å². The molecule has 2 aromatic carbocycles. The molecule has 35 heavy (non-hydrogen) atoms. The van der Waals surface area contributed by atoms with E-state index in [0.717, 1.165) is 31.2 Å². The number of hydrogen-bond acceptors (Lipinski definition) is 7. The molecule has 3 fully saturated rings. The van der Waals surface area contributed by atoms with Crippen molar-refractivity contribution in [3.63, 3.8) is 0 Å². The van der Waals surface area contributed by atoms with Crippen molar-refractivity contribution >= 4 is 5.90 Å². The van der Waals surface area contributed by atoms with E-state index in [9.17, 15) is 15.8 Å². The van der Waals surface area contributed by atoms with Crippen molar-refractivity contribution in [1.82, 2.24) is 0 Å². The van der Waals surface area contributed by atoms with E-state index in [4.69, 9.17) is 19.6 Å². The minimum absolute atomic E-state index is 0.319. The van der Waals surface area contributed by atoms with E-state index in [-0.39, 0.29) is 5.90 Å². The van der Waals surface area contributed by atoms with Crippen LogP contribution < -0.4 is 4.74 Å². The molecule has 4 atom stereocenters. The van der Waals surface area contributed by atoms with Crippen LogP contribution in [0.1, 0.15) is 55.8 Å². The molecule has 7 heteroatoms. The van der Waals surface area contributed by atoms with Crippen LogP contribution in [-0.2, 0) is 16.1 Å². The van der Waals surface area contributed by atoms with Crippen LogP contribution >= 0.6 is 0 Å². The van der Waals surface area contributed by atoms with Gasteiger partial charge in [0.05, 0.1) is 24.1 Å². The van der Waals surface area contributed by atoms with Crippen molar-refractivity contribution in [2.24, 2.45) is 16.7 Å². The van der Waals surface area contributed by atoms with Crippen molar-refractivity contribution < 1.29 is 14.2 Å². The Morgan fingerprint density at radius 2 is 1.63 bits per heavy atom. The fourth-order valence-corrected chi connectivity index (χ4v) is 5.99. The number of rotatable bonds is 4. The van der Waals surface area contributed by atoms with Gasteiger partial charge in [-0.15, -0.1) is 0 Å². The van der Waals surface area contributed by atoms with Gasteiger partial charge >= 0.3 is 0 Å². The molecule has 3 aliphatic rings. The third kappa shape index (κ3) is 3.29. The molecule has 176 valence electrons. The molecule has 2 saturated heterocycles. The van der Waals surface area contributed by atoms with E-state index in [0.29, 0.717) is 30.8 Å². The summed E-state index contributed by atoms with van der Waals surface area (Å²) in [5.74, 6) is -1.41. The Kier molecular flexibility index (Phi) is 5.72. The molecular weight excluding hydrogens is 440 g/mol. The van der Waals surface area contributed by atoms with Crippen LogP contribution in [0.5, 0.6) is 5.75 Å². The minimum Gasteiger partial charge on any atom is -0.489 e. The summed E-state index contributed by atoms with van der Waals surface area (Å²) in [4.78, 5) is 0. The van der Waals surface area contributed by atoms with Crippen molar-refractivity contribution in [2.45, 2.75) is 57.0 Å². The highest BCUT2D eigenvalue weighted by Gasteiger charge is 2.80. The molecule has 0 radical (unpaired) electrons. The number of ether oxygens (including phenoxy) is 3. The lowest BCUT2D eigenvalue weighted by Gasteiger charge is -2.50. The highest BCUT2D eigenvalue weighted by atomic mass is 16.7. The monoisotopic (exact) mass is 466 g/mol. The second-order valence-corrected chi connectivity index (χ2v) is 9.54. The Morgan fingerprint density at radius 3 is 2.31 bits per heavy atom. The molecule has 2 aromatic rings. The maximum absolute atomic E-state index is 10.5. The van der Waals surface area contributed by atoms with Gasteiger partial charge in [-0.25, -0.2) is 0 Å². The van der Waals surface area contributed by atoms with Gasteiger partial charge in [-0.2, -0.15) is 15.8 Å². The second kappa shape index (κ2) is 8.73. The molecule has 2 bridgehead atoms. The van der Waals surface area contributed by atoms with Gasteiger partial charge in [0.2, 0.25) is 17.1 Å². The molecule has 5 rings (SSSR count). The van der Waals surface area contributed by atoms with Crippen molar-refractivity contribution in [1.29, 1.82) is 21.2 Å². The highest BCUT2D eigenvalue weighted by molar-refractivity contribution is 5.89. The summed E-state index contributed by atoms with van der Waals surface area (Å²) in [7, 11) is 0. The first-order valence-electron chi connectivity index (χ1n) is 12.0. The van der Waals surface area contributed by atoms with Crippen LogP contribution in [0.2, 0.25) is 0 Å². The maximum Gasteiger partial charge on any atom is 0.217 e.